The Morgan fingerprint density at radius 3 is 2.48 bits per heavy atom. The molecular formula is C26H24N4O3. The van der Waals surface area contributed by atoms with Crippen LogP contribution in [-0.4, -0.2) is 23.5 Å². The summed E-state index contributed by atoms with van der Waals surface area (Å²) in [4.78, 5) is 30.2. The average molecular weight is 441 g/mol. The van der Waals surface area contributed by atoms with Crippen LogP contribution in [0, 0.1) is 6.92 Å². The second-order valence-electron chi connectivity index (χ2n) is 7.48. The van der Waals surface area contributed by atoms with Crippen molar-refractivity contribution in [3.8, 4) is 17.0 Å². The van der Waals surface area contributed by atoms with Gasteiger partial charge in [-0.15, -0.1) is 0 Å². The summed E-state index contributed by atoms with van der Waals surface area (Å²) < 4.78 is 5.60. The Labute approximate surface area is 191 Å². The number of fused-ring (bicyclic) bond motifs is 1. The highest BCUT2D eigenvalue weighted by atomic mass is 16.5. The van der Waals surface area contributed by atoms with Gasteiger partial charge < -0.3 is 10.5 Å². The number of para-hydroxylation sites is 1. The fourth-order valence-electron chi connectivity index (χ4n) is 3.53. The lowest BCUT2D eigenvalue weighted by molar-refractivity contribution is 0.0952. The van der Waals surface area contributed by atoms with Crippen LogP contribution >= 0.6 is 0 Å². The van der Waals surface area contributed by atoms with Gasteiger partial charge in [0.2, 0.25) is 0 Å². The molecule has 3 amide bonds. The summed E-state index contributed by atoms with van der Waals surface area (Å²) in [5.74, 6) is 0.241. The largest absolute Gasteiger partial charge is 0.494 e. The number of nitrogens with zero attached hydrogens (tertiary/aromatic N) is 2. The molecule has 4 rings (SSSR count). The summed E-state index contributed by atoms with van der Waals surface area (Å²) in [5, 5.41) is 1.69. The summed E-state index contributed by atoms with van der Waals surface area (Å²) >= 11 is 0. The van der Waals surface area contributed by atoms with Crippen molar-refractivity contribution in [3.05, 3.63) is 90.0 Å². The molecule has 0 saturated carbocycles. The zero-order valence-corrected chi connectivity index (χ0v) is 18.4. The number of ether oxygens (including phenoxy) is 1. The third kappa shape index (κ3) is 4.77. The average Bonchev–Trinajstić information content (AvgIpc) is 2.82. The van der Waals surface area contributed by atoms with Crippen molar-refractivity contribution in [3.63, 3.8) is 0 Å². The zero-order valence-electron chi connectivity index (χ0n) is 18.4. The number of amides is 3. The van der Waals surface area contributed by atoms with Gasteiger partial charge in [-0.05, 0) is 50.2 Å². The van der Waals surface area contributed by atoms with Gasteiger partial charge in [-0.25, -0.2) is 14.8 Å². The molecule has 33 heavy (non-hydrogen) atoms. The first-order valence-corrected chi connectivity index (χ1v) is 10.6. The molecule has 0 aliphatic heterocycles. The lowest BCUT2D eigenvalue weighted by Gasteiger charge is -2.22. The van der Waals surface area contributed by atoms with E-state index in [9.17, 15) is 9.59 Å². The van der Waals surface area contributed by atoms with E-state index in [1.807, 2.05) is 74.5 Å². The minimum absolute atomic E-state index is 0.371. The molecule has 166 valence electrons. The minimum Gasteiger partial charge on any atom is -0.494 e. The molecule has 0 fully saturated rings. The maximum atomic E-state index is 13.4. The van der Waals surface area contributed by atoms with Crippen LogP contribution < -0.4 is 20.9 Å². The Kier molecular flexibility index (Phi) is 6.22. The molecule has 3 aromatic carbocycles. The van der Waals surface area contributed by atoms with Crippen LogP contribution in [-0.2, 0) is 0 Å². The third-order valence-electron chi connectivity index (χ3n) is 5.13. The van der Waals surface area contributed by atoms with Gasteiger partial charge >= 0.3 is 6.03 Å². The number of nitrogens with two attached hydrogens (primary N) is 1. The molecule has 0 bridgehead atoms. The predicted molar refractivity (Wildman–Crippen MR) is 129 cm³/mol. The van der Waals surface area contributed by atoms with E-state index in [2.05, 4.69) is 5.43 Å². The molecule has 0 saturated heterocycles. The van der Waals surface area contributed by atoms with Gasteiger partial charge in [0.1, 0.15) is 5.75 Å². The highest BCUT2D eigenvalue weighted by Crippen LogP contribution is 2.27. The zero-order chi connectivity index (χ0) is 23.4. The second kappa shape index (κ2) is 9.40. The van der Waals surface area contributed by atoms with Gasteiger partial charge in [-0.3, -0.25) is 10.2 Å². The monoisotopic (exact) mass is 440 g/mol. The Morgan fingerprint density at radius 1 is 1.00 bits per heavy atom. The quantitative estimate of drug-likeness (QED) is 0.434. The number of hydrogen-bond donors (Lipinski definition) is 2. The van der Waals surface area contributed by atoms with Crippen LogP contribution in [0.1, 0.15) is 22.8 Å². The molecule has 3 N–H and O–H groups in total. The summed E-state index contributed by atoms with van der Waals surface area (Å²) in [6.07, 6.45) is 0. The Balaban J connectivity index is 1.76. The molecule has 0 radical (unpaired) electrons. The second-order valence-corrected chi connectivity index (χ2v) is 7.48. The Morgan fingerprint density at radius 2 is 1.76 bits per heavy atom. The predicted octanol–water partition coefficient (Wildman–Crippen LogP) is 4.84. The van der Waals surface area contributed by atoms with Gasteiger partial charge in [0.05, 0.1) is 29.1 Å². The van der Waals surface area contributed by atoms with Crippen LogP contribution in [0.5, 0.6) is 5.75 Å². The molecule has 0 spiro atoms. The van der Waals surface area contributed by atoms with E-state index in [0.29, 0.717) is 34.5 Å². The summed E-state index contributed by atoms with van der Waals surface area (Å²) in [5.41, 5.74) is 12.1. The lowest BCUT2D eigenvalue weighted by atomic mass is 10.0. The van der Waals surface area contributed by atoms with Gasteiger partial charge in [-0.2, -0.15) is 0 Å². The van der Waals surface area contributed by atoms with E-state index in [-0.39, 0.29) is 0 Å². The first kappa shape index (κ1) is 21.8. The van der Waals surface area contributed by atoms with Gasteiger partial charge in [0.25, 0.3) is 5.91 Å². The number of primary amides is 1. The topological polar surface area (TPSA) is 97.5 Å². The number of aromatic nitrogens is 1. The molecule has 7 nitrogen and oxygen atoms in total. The fraction of sp³-hybridized carbons (Fsp3) is 0.115. The number of anilines is 1. The van der Waals surface area contributed by atoms with Crippen LogP contribution in [0.2, 0.25) is 0 Å². The number of hydrogen-bond acceptors (Lipinski definition) is 4. The van der Waals surface area contributed by atoms with Crippen molar-refractivity contribution in [2.45, 2.75) is 13.8 Å². The number of urea groups is 1. The maximum absolute atomic E-state index is 13.4. The van der Waals surface area contributed by atoms with E-state index in [0.717, 1.165) is 21.9 Å². The molecule has 0 aliphatic carbocycles. The van der Waals surface area contributed by atoms with E-state index in [1.165, 1.54) is 0 Å². The number of carbonyl (C=O) groups is 2. The highest BCUT2D eigenvalue weighted by Gasteiger charge is 2.20. The summed E-state index contributed by atoms with van der Waals surface area (Å²) in [6.45, 7) is 4.40. The summed E-state index contributed by atoms with van der Waals surface area (Å²) in [7, 11) is 0. The number of rotatable bonds is 5. The van der Waals surface area contributed by atoms with Crippen molar-refractivity contribution in [1.82, 2.24) is 10.4 Å². The van der Waals surface area contributed by atoms with E-state index in [4.69, 9.17) is 15.5 Å². The number of benzene rings is 3. The van der Waals surface area contributed by atoms with Gasteiger partial charge in [0.15, 0.2) is 0 Å². The number of nitrogens with one attached hydrogen (secondary N) is 1. The SMILES string of the molecule is CCOc1cccc(-c2cc(C(=O)NN(C(N)=O)c3ccc(C)cc3)c3ccccc3n2)c1. The molecule has 0 atom stereocenters. The number of pyridine rings is 1. The Bertz CT molecular complexity index is 1320. The molecule has 1 aromatic heterocycles. The smallest absolute Gasteiger partial charge is 0.338 e. The number of hydrazine groups is 1. The van der Waals surface area contributed by atoms with Crippen molar-refractivity contribution >= 4 is 28.5 Å². The number of carbonyl (C=O) groups excluding carboxylic acids is 2. The maximum Gasteiger partial charge on any atom is 0.338 e. The third-order valence-corrected chi connectivity index (χ3v) is 5.13. The lowest BCUT2D eigenvalue weighted by Crippen LogP contribution is -2.49. The highest BCUT2D eigenvalue weighted by molar-refractivity contribution is 6.09. The van der Waals surface area contributed by atoms with Gasteiger partial charge in [-0.1, -0.05) is 48.0 Å². The normalized spacial score (nSPS) is 10.6. The first-order valence-electron chi connectivity index (χ1n) is 10.6. The van der Waals surface area contributed by atoms with Crippen molar-refractivity contribution in [2.75, 3.05) is 11.6 Å². The number of aryl methyl sites for hydroxylation is 1. The van der Waals surface area contributed by atoms with E-state index >= 15 is 0 Å². The standard InChI is InChI=1S/C26H24N4O3/c1-3-33-20-8-6-7-18(15-20)24-16-22(21-9-4-5-10-23(21)28-24)25(31)29-30(26(27)32)19-13-11-17(2)12-14-19/h4-16H,3H2,1-2H3,(H2,27,32)(H,29,31). The van der Waals surface area contributed by atoms with Crippen molar-refractivity contribution < 1.29 is 14.3 Å². The molecular weight excluding hydrogens is 416 g/mol. The molecule has 4 aromatic rings. The molecule has 0 aliphatic rings. The summed E-state index contributed by atoms with van der Waals surface area (Å²) in [6, 6.07) is 22.9. The first-order chi connectivity index (χ1) is 16.0. The molecule has 7 heteroatoms. The molecule has 0 unspecified atom stereocenters. The van der Waals surface area contributed by atoms with Crippen LogP contribution in [0.4, 0.5) is 10.5 Å². The fourth-order valence-corrected chi connectivity index (χ4v) is 3.53. The van der Waals surface area contributed by atoms with E-state index in [1.54, 1.807) is 18.2 Å². The Hall–Kier alpha value is -4.39. The van der Waals surface area contributed by atoms with Gasteiger partial charge in [0, 0.05) is 10.9 Å². The van der Waals surface area contributed by atoms with Crippen molar-refractivity contribution in [1.29, 1.82) is 0 Å². The minimum atomic E-state index is -0.796. The van der Waals surface area contributed by atoms with Crippen LogP contribution in [0.3, 0.4) is 0 Å². The molecule has 1 heterocycles. The van der Waals surface area contributed by atoms with Crippen LogP contribution in [0.15, 0.2) is 78.9 Å². The van der Waals surface area contributed by atoms with E-state index < -0.39 is 11.9 Å². The van der Waals surface area contributed by atoms with Crippen LogP contribution in [0.25, 0.3) is 22.2 Å². The van der Waals surface area contributed by atoms with Crippen molar-refractivity contribution in [2.24, 2.45) is 5.73 Å².